The second-order valence-electron chi connectivity index (χ2n) is 14.1. The summed E-state index contributed by atoms with van der Waals surface area (Å²) in [4.78, 5) is 88.1. The van der Waals surface area contributed by atoms with E-state index in [0.29, 0.717) is 33.8 Å². The zero-order chi connectivity index (χ0) is 41.7. The van der Waals surface area contributed by atoms with Crippen molar-refractivity contribution in [2.24, 2.45) is 0 Å². The molecule has 0 aliphatic heterocycles. The first kappa shape index (κ1) is 40.8. The third kappa shape index (κ3) is 8.43. The molecule has 6 aromatic rings. The summed E-state index contributed by atoms with van der Waals surface area (Å²) < 4.78 is 15.4. The standard InChI is InChI=1S/C43H46N6O9/c1-22(50)44-34(41(53)56-4)19-28-25-13-7-10-16-31(25)47-38(28)37(39-29(26-14-8-11-17-32(26)48-39)20-35(42(54)57-5)45-23(2)51)40-30(27-15-9-12-18-33(27)49-40)21-36(43(55)58-6)46-24(3)52/h7-18,34-37,47-49H,19-21H2,1-6H3,(H,44,50)(H,45,51)(H,46,52)/t34-,35-,36-/m1/s1. The second kappa shape index (κ2) is 17.5. The molecule has 3 aromatic heterocycles. The number of rotatable bonds is 15. The number of aromatic nitrogens is 3. The maximum absolute atomic E-state index is 13.3. The van der Waals surface area contributed by atoms with Gasteiger partial charge in [-0.2, -0.15) is 0 Å². The molecule has 3 atom stereocenters. The molecular formula is C43H46N6O9. The van der Waals surface area contributed by atoms with Crippen LogP contribution in [0.3, 0.4) is 0 Å². The van der Waals surface area contributed by atoms with Crippen molar-refractivity contribution in [3.8, 4) is 0 Å². The Morgan fingerprint density at radius 1 is 0.466 bits per heavy atom. The molecule has 6 rings (SSSR count). The Kier molecular flexibility index (Phi) is 12.3. The highest BCUT2D eigenvalue weighted by molar-refractivity contribution is 5.93. The van der Waals surface area contributed by atoms with Gasteiger partial charge in [0.2, 0.25) is 17.7 Å². The van der Waals surface area contributed by atoms with Crippen LogP contribution in [-0.2, 0) is 62.2 Å². The number of fused-ring (bicyclic) bond motifs is 3. The molecule has 6 N–H and O–H groups in total. The number of nitrogens with one attached hydrogen (secondary N) is 6. The summed E-state index contributed by atoms with van der Waals surface area (Å²) in [5.74, 6) is -4.02. The molecule has 0 aliphatic carbocycles. The quantitative estimate of drug-likeness (QED) is 0.0655. The van der Waals surface area contributed by atoms with Gasteiger partial charge in [0, 0.05) is 89.8 Å². The number of ether oxygens (including phenoxy) is 3. The third-order valence-corrected chi connectivity index (χ3v) is 10.2. The smallest absolute Gasteiger partial charge is 0.328 e. The fourth-order valence-electron chi connectivity index (χ4n) is 7.85. The SMILES string of the molecule is COC(=O)[C@@H](Cc1c(C(c2[nH]c3ccccc3c2C[C@@H](NC(C)=O)C(=O)OC)c2[nH]c3ccccc3c2C[C@@H](NC(C)=O)C(=O)OC)[nH]c2ccccc12)NC(C)=O. The van der Waals surface area contributed by atoms with E-state index in [1.54, 1.807) is 0 Å². The Bertz CT molecular complexity index is 2260. The summed E-state index contributed by atoms with van der Waals surface area (Å²) >= 11 is 0. The van der Waals surface area contributed by atoms with Gasteiger partial charge < -0.3 is 45.1 Å². The van der Waals surface area contributed by atoms with E-state index in [9.17, 15) is 28.8 Å². The first-order valence-electron chi connectivity index (χ1n) is 18.7. The number of methoxy groups -OCH3 is 3. The second-order valence-corrected chi connectivity index (χ2v) is 14.1. The highest BCUT2D eigenvalue weighted by atomic mass is 16.5. The van der Waals surface area contributed by atoms with E-state index in [-0.39, 0.29) is 19.3 Å². The van der Waals surface area contributed by atoms with Crippen molar-refractivity contribution in [3.05, 3.63) is 107 Å². The van der Waals surface area contributed by atoms with Crippen molar-refractivity contribution >= 4 is 68.3 Å². The number of hydrogen-bond donors (Lipinski definition) is 6. The molecule has 3 heterocycles. The number of carbonyl (C=O) groups is 6. The molecule has 3 amide bonds. The molecule has 3 aromatic carbocycles. The Morgan fingerprint density at radius 3 is 0.966 bits per heavy atom. The number of benzene rings is 3. The minimum atomic E-state index is -1.07. The molecule has 15 nitrogen and oxygen atoms in total. The van der Waals surface area contributed by atoms with Gasteiger partial charge in [0.05, 0.1) is 27.2 Å². The van der Waals surface area contributed by atoms with Crippen LogP contribution in [-0.4, -0.2) is 90.0 Å². The molecule has 15 heteroatoms. The summed E-state index contributed by atoms with van der Waals surface area (Å²) in [6, 6.07) is 19.5. The molecule has 0 saturated heterocycles. The Balaban J connectivity index is 1.72. The maximum atomic E-state index is 13.3. The Hall–Kier alpha value is -6.90. The van der Waals surface area contributed by atoms with Crippen LogP contribution in [0.4, 0.5) is 0 Å². The first-order chi connectivity index (χ1) is 27.8. The predicted molar refractivity (Wildman–Crippen MR) is 216 cm³/mol. The van der Waals surface area contributed by atoms with Crippen molar-refractivity contribution in [2.75, 3.05) is 21.3 Å². The van der Waals surface area contributed by atoms with E-state index in [4.69, 9.17) is 14.2 Å². The van der Waals surface area contributed by atoms with Crippen molar-refractivity contribution < 1.29 is 43.0 Å². The topological polar surface area (TPSA) is 214 Å². The molecule has 302 valence electrons. The average Bonchev–Trinajstić information content (AvgIpc) is 3.87. The van der Waals surface area contributed by atoms with Crippen molar-refractivity contribution in [3.63, 3.8) is 0 Å². The van der Waals surface area contributed by atoms with Gasteiger partial charge in [0.1, 0.15) is 18.1 Å². The minimum Gasteiger partial charge on any atom is -0.467 e. The highest BCUT2D eigenvalue weighted by Crippen LogP contribution is 2.43. The number of para-hydroxylation sites is 3. The first-order valence-corrected chi connectivity index (χ1v) is 18.7. The van der Waals surface area contributed by atoms with Crippen LogP contribution < -0.4 is 16.0 Å². The maximum Gasteiger partial charge on any atom is 0.328 e. The Labute approximate surface area is 333 Å². The number of esters is 3. The zero-order valence-corrected chi connectivity index (χ0v) is 33.0. The van der Waals surface area contributed by atoms with Gasteiger partial charge in [-0.3, -0.25) is 14.4 Å². The highest BCUT2D eigenvalue weighted by Gasteiger charge is 2.36. The van der Waals surface area contributed by atoms with Crippen molar-refractivity contribution in [1.82, 2.24) is 30.9 Å². The van der Waals surface area contributed by atoms with E-state index in [0.717, 1.165) is 32.7 Å². The van der Waals surface area contributed by atoms with Gasteiger partial charge in [0.25, 0.3) is 0 Å². The van der Waals surface area contributed by atoms with Crippen LogP contribution in [0.25, 0.3) is 32.7 Å². The number of aromatic amines is 3. The lowest BCUT2D eigenvalue weighted by Crippen LogP contribution is -2.42. The molecule has 0 radical (unpaired) electrons. The molecular weight excluding hydrogens is 745 g/mol. The largest absolute Gasteiger partial charge is 0.467 e. The summed E-state index contributed by atoms with van der Waals surface area (Å²) in [6.07, 6.45) is 0.0434. The van der Waals surface area contributed by atoms with E-state index in [1.165, 1.54) is 42.1 Å². The van der Waals surface area contributed by atoms with E-state index < -0.39 is 59.7 Å². The summed E-state index contributed by atoms with van der Waals surface area (Å²) in [5.41, 5.74) is 6.07. The van der Waals surface area contributed by atoms with Crippen LogP contribution in [0, 0.1) is 0 Å². The number of H-pyrrole nitrogens is 3. The predicted octanol–water partition coefficient (Wildman–Crippen LogP) is 3.97. The van der Waals surface area contributed by atoms with Crippen LogP contribution in [0.5, 0.6) is 0 Å². The van der Waals surface area contributed by atoms with Crippen molar-refractivity contribution in [1.29, 1.82) is 0 Å². The number of amides is 3. The fourth-order valence-corrected chi connectivity index (χ4v) is 7.85. The monoisotopic (exact) mass is 790 g/mol. The van der Waals surface area contributed by atoms with Gasteiger partial charge in [-0.05, 0) is 34.9 Å². The lowest BCUT2D eigenvalue weighted by atomic mass is 9.85. The lowest BCUT2D eigenvalue weighted by Gasteiger charge is -2.24. The van der Waals surface area contributed by atoms with Crippen LogP contribution in [0.2, 0.25) is 0 Å². The molecule has 0 saturated carbocycles. The van der Waals surface area contributed by atoms with Crippen molar-refractivity contribution in [2.45, 2.75) is 64.1 Å². The fraction of sp³-hybridized carbons (Fsp3) is 0.302. The van der Waals surface area contributed by atoms with Gasteiger partial charge in [0.15, 0.2) is 0 Å². The van der Waals surface area contributed by atoms with Crippen LogP contribution in [0.15, 0.2) is 72.8 Å². The number of carbonyl (C=O) groups excluding carboxylic acids is 6. The van der Waals surface area contributed by atoms with Crippen LogP contribution in [0.1, 0.15) is 60.5 Å². The average molecular weight is 791 g/mol. The zero-order valence-electron chi connectivity index (χ0n) is 33.0. The normalized spacial score (nSPS) is 12.9. The van der Waals surface area contributed by atoms with E-state index >= 15 is 0 Å². The number of hydrogen-bond acceptors (Lipinski definition) is 9. The molecule has 0 bridgehead atoms. The molecule has 0 fully saturated rings. The minimum absolute atomic E-state index is 0.0145. The van der Waals surface area contributed by atoms with E-state index in [1.807, 2.05) is 72.8 Å². The summed E-state index contributed by atoms with van der Waals surface area (Å²) in [7, 11) is 3.76. The Morgan fingerprint density at radius 2 is 0.724 bits per heavy atom. The van der Waals surface area contributed by atoms with Gasteiger partial charge in [-0.1, -0.05) is 54.6 Å². The molecule has 0 unspecified atom stereocenters. The summed E-state index contributed by atoms with van der Waals surface area (Å²) in [5, 5.41) is 10.6. The van der Waals surface area contributed by atoms with Gasteiger partial charge in [-0.25, -0.2) is 14.4 Å². The third-order valence-electron chi connectivity index (χ3n) is 10.2. The molecule has 0 spiro atoms. The van der Waals surface area contributed by atoms with E-state index in [2.05, 4.69) is 30.9 Å². The molecule has 0 aliphatic rings. The summed E-state index contributed by atoms with van der Waals surface area (Å²) in [6.45, 7) is 3.96. The van der Waals surface area contributed by atoms with Gasteiger partial charge >= 0.3 is 17.9 Å². The molecule has 58 heavy (non-hydrogen) atoms. The van der Waals surface area contributed by atoms with Gasteiger partial charge in [-0.15, -0.1) is 0 Å². The van der Waals surface area contributed by atoms with Crippen LogP contribution >= 0.6 is 0 Å². The lowest BCUT2D eigenvalue weighted by molar-refractivity contribution is -0.145.